The molecule has 0 unspecified atom stereocenters. The number of carbonyl (C=O) groups is 1. The number of ether oxygens (including phenoxy) is 1. The van der Waals surface area contributed by atoms with Crippen molar-refractivity contribution < 1.29 is 13.9 Å². The number of furan rings is 1. The number of piperidine rings is 1. The minimum absolute atomic E-state index is 0.0227. The number of anilines is 1. The zero-order valence-electron chi connectivity index (χ0n) is 15.0. The Bertz CT molecular complexity index is 753. The summed E-state index contributed by atoms with van der Waals surface area (Å²) in [5.41, 5.74) is 0.719. The molecule has 1 N–H and O–H groups in total. The monoisotopic (exact) mass is 356 g/mol. The van der Waals surface area contributed by atoms with Crippen molar-refractivity contribution in [2.75, 3.05) is 25.0 Å². The predicted octanol–water partition coefficient (Wildman–Crippen LogP) is 2.64. The van der Waals surface area contributed by atoms with Crippen molar-refractivity contribution in [3.8, 4) is 0 Å². The predicted molar refractivity (Wildman–Crippen MR) is 95.9 cm³/mol. The van der Waals surface area contributed by atoms with Gasteiger partial charge >= 0.3 is 0 Å². The summed E-state index contributed by atoms with van der Waals surface area (Å²) in [7, 11) is 0. The third-order valence-corrected chi connectivity index (χ3v) is 5.41. The van der Waals surface area contributed by atoms with Crippen molar-refractivity contribution >= 4 is 11.9 Å². The minimum Gasteiger partial charge on any atom is -0.459 e. The lowest BCUT2D eigenvalue weighted by Crippen LogP contribution is -2.52. The first-order valence-corrected chi connectivity index (χ1v) is 9.16. The molecule has 2 aromatic rings. The topological polar surface area (TPSA) is 80.5 Å². The highest BCUT2D eigenvalue weighted by Crippen LogP contribution is 2.36. The molecule has 7 nitrogen and oxygen atoms in total. The van der Waals surface area contributed by atoms with Crippen molar-refractivity contribution in [2.45, 2.75) is 44.2 Å². The molecular formula is C19H24N4O3. The van der Waals surface area contributed by atoms with E-state index >= 15 is 0 Å². The first-order chi connectivity index (χ1) is 12.7. The molecule has 0 saturated carbocycles. The molecule has 0 aromatic carbocycles. The molecule has 26 heavy (non-hydrogen) atoms. The second-order valence-corrected chi connectivity index (χ2v) is 7.16. The van der Waals surface area contributed by atoms with Gasteiger partial charge in [-0.1, -0.05) is 0 Å². The number of hydrogen-bond acceptors (Lipinski definition) is 6. The van der Waals surface area contributed by atoms with E-state index in [0.717, 1.165) is 37.9 Å². The van der Waals surface area contributed by atoms with Crippen molar-refractivity contribution in [3.05, 3.63) is 42.1 Å². The number of carbonyl (C=O) groups excluding carboxylic acids is 1. The summed E-state index contributed by atoms with van der Waals surface area (Å²) < 4.78 is 11.5. The first-order valence-electron chi connectivity index (χ1n) is 9.16. The van der Waals surface area contributed by atoms with Crippen LogP contribution in [-0.4, -0.2) is 52.1 Å². The number of likely N-dealkylation sites (tertiary alicyclic amines) is 1. The van der Waals surface area contributed by atoms with Crippen molar-refractivity contribution in [2.24, 2.45) is 0 Å². The fourth-order valence-corrected chi connectivity index (χ4v) is 3.91. The van der Waals surface area contributed by atoms with E-state index < -0.39 is 0 Å². The van der Waals surface area contributed by atoms with Gasteiger partial charge in [-0.05, 0) is 44.7 Å². The quantitative estimate of drug-likeness (QED) is 0.911. The highest BCUT2D eigenvalue weighted by molar-refractivity contribution is 5.92. The summed E-state index contributed by atoms with van der Waals surface area (Å²) in [5.74, 6) is 1.09. The van der Waals surface area contributed by atoms with Gasteiger partial charge in [-0.3, -0.25) is 4.79 Å². The van der Waals surface area contributed by atoms with Gasteiger partial charge in [0.05, 0.1) is 11.9 Å². The van der Waals surface area contributed by atoms with E-state index in [1.807, 2.05) is 24.0 Å². The first kappa shape index (κ1) is 17.0. The zero-order chi connectivity index (χ0) is 18.0. The largest absolute Gasteiger partial charge is 0.459 e. The summed E-state index contributed by atoms with van der Waals surface area (Å²) in [4.78, 5) is 23.0. The summed E-state index contributed by atoms with van der Waals surface area (Å²) in [6.45, 7) is 3.99. The van der Waals surface area contributed by atoms with Gasteiger partial charge in [-0.2, -0.15) is 0 Å². The molecule has 1 amide bonds. The molecular weight excluding hydrogens is 332 g/mol. The van der Waals surface area contributed by atoms with E-state index in [2.05, 4.69) is 15.3 Å². The average molecular weight is 356 g/mol. The van der Waals surface area contributed by atoms with Gasteiger partial charge in [0.25, 0.3) is 5.91 Å². The smallest absolute Gasteiger partial charge is 0.289 e. The van der Waals surface area contributed by atoms with Crippen molar-refractivity contribution in [3.63, 3.8) is 0 Å². The van der Waals surface area contributed by atoms with Crippen LogP contribution in [0.5, 0.6) is 0 Å². The molecule has 2 aromatic heterocycles. The Labute approximate surface area is 152 Å². The Morgan fingerprint density at radius 2 is 2.08 bits per heavy atom. The normalized spacial score (nSPS) is 22.3. The van der Waals surface area contributed by atoms with Gasteiger partial charge in [0.2, 0.25) is 5.95 Å². The van der Waals surface area contributed by atoms with E-state index in [-0.39, 0.29) is 11.5 Å². The van der Waals surface area contributed by atoms with E-state index in [0.29, 0.717) is 30.8 Å². The highest BCUT2D eigenvalue weighted by atomic mass is 16.5. The van der Waals surface area contributed by atoms with Gasteiger partial charge in [0.1, 0.15) is 0 Å². The Kier molecular flexibility index (Phi) is 4.63. The molecule has 0 bridgehead atoms. The third kappa shape index (κ3) is 3.44. The minimum atomic E-state index is -0.167. The molecule has 7 heteroatoms. The molecule has 4 rings (SSSR count). The molecule has 2 fully saturated rings. The van der Waals surface area contributed by atoms with Gasteiger partial charge < -0.3 is 19.4 Å². The van der Waals surface area contributed by atoms with Crippen LogP contribution in [0.4, 0.5) is 5.95 Å². The van der Waals surface area contributed by atoms with Crippen molar-refractivity contribution in [1.82, 2.24) is 14.9 Å². The number of hydrogen-bond donors (Lipinski definition) is 1. The lowest BCUT2D eigenvalue weighted by Gasteiger charge is -2.46. The highest BCUT2D eigenvalue weighted by Gasteiger charge is 2.41. The summed E-state index contributed by atoms with van der Waals surface area (Å²) in [6.07, 6.45) is 8.58. The molecule has 0 aliphatic carbocycles. The average Bonchev–Trinajstić information content (AvgIpc) is 3.09. The van der Waals surface area contributed by atoms with Crippen LogP contribution in [0, 0.1) is 6.92 Å². The maximum Gasteiger partial charge on any atom is 0.289 e. The standard InChI is InChI=1S/C19H24N4O3/c1-14-3-11-25-16(14)17(24)23-9-5-19(6-10-23)13-15(4-12-26-19)22-18-20-7-2-8-21-18/h2-3,7-8,11,15H,4-6,9-10,12-13H2,1H3,(H,20,21,22)/t15-/m0/s1. The van der Waals surface area contributed by atoms with Gasteiger partial charge in [-0.25, -0.2) is 9.97 Å². The maximum atomic E-state index is 12.6. The molecule has 4 heterocycles. The van der Waals surface area contributed by atoms with Gasteiger partial charge in [0, 0.05) is 43.7 Å². The molecule has 0 radical (unpaired) electrons. The second kappa shape index (κ2) is 7.07. The van der Waals surface area contributed by atoms with Crippen LogP contribution in [0.15, 0.2) is 35.2 Å². The van der Waals surface area contributed by atoms with Crippen LogP contribution in [0.1, 0.15) is 41.8 Å². The van der Waals surface area contributed by atoms with Crippen LogP contribution in [0.3, 0.4) is 0 Å². The number of nitrogens with zero attached hydrogens (tertiary/aromatic N) is 3. The summed E-state index contributed by atoms with van der Waals surface area (Å²) in [5, 5.41) is 3.42. The lowest BCUT2D eigenvalue weighted by atomic mass is 9.82. The van der Waals surface area contributed by atoms with Crippen molar-refractivity contribution in [1.29, 1.82) is 0 Å². The SMILES string of the molecule is Cc1ccoc1C(=O)N1CCC2(CC1)C[C@@H](Nc1ncccn1)CCO2. The van der Waals surface area contributed by atoms with Gasteiger partial charge in [-0.15, -0.1) is 0 Å². The number of aryl methyl sites for hydroxylation is 1. The Hall–Kier alpha value is -2.41. The third-order valence-electron chi connectivity index (χ3n) is 5.41. The molecule has 2 aliphatic rings. The van der Waals surface area contributed by atoms with E-state index in [1.165, 1.54) is 0 Å². The van der Waals surface area contributed by atoms with Crippen LogP contribution >= 0.6 is 0 Å². The molecule has 1 spiro atoms. The lowest BCUT2D eigenvalue weighted by molar-refractivity contribution is -0.110. The number of nitrogens with one attached hydrogen (secondary N) is 1. The van der Waals surface area contributed by atoms with Crippen LogP contribution in [0.2, 0.25) is 0 Å². The Balaban J connectivity index is 1.37. The number of rotatable bonds is 3. The fraction of sp³-hybridized carbons (Fsp3) is 0.526. The molecule has 138 valence electrons. The van der Waals surface area contributed by atoms with Gasteiger partial charge in [0.15, 0.2) is 5.76 Å². The summed E-state index contributed by atoms with van der Waals surface area (Å²) in [6, 6.07) is 3.93. The van der Waals surface area contributed by atoms with E-state index in [1.54, 1.807) is 18.7 Å². The summed E-state index contributed by atoms with van der Waals surface area (Å²) >= 11 is 0. The second-order valence-electron chi connectivity index (χ2n) is 7.16. The Morgan fingerprint density at radius 1 is 1.31 bits per heavy atom. The zero-order valence-corrected chi connectivity index (χ0v) is 15.0. The maximum absolute atomic E-state index is 12.6. The van der Waals surface area contributed by atoms with Crippen LogP contribution in [-0.2, 0) is 4.74 Å². The number of aromatic nitrogens is 2. The Morgan fingerprint density at radius 3 is 2.77 bits per heavy atom. The van der Waals surface area contributed by atoms with Crippen LogP contribution < -0.4 is 5.32 Å². The van der Waals surface area contributed by atoms with E-state index in [9.17, 15) is 4.79 Å². The molecule has 2 saturated heterocycles. The molecule has 1 atom stereocenters. The van der Waals surface area contributed by atoms with E-state index in [4.69, 9.17) is 9.15 Å². The number of amides is 1. The molecule has 2 aliphatic heterocycles. The fourth-order valence-electron chi connectivity index (χ4n) is 3.91. The van der Waals surface area contributed by atoms with Crippen LogP contribution in [0.25, 0.3) is 0 Å².